The van der Waals surface area contributed by atoms with E-state index in [4.69, 9.17) is 13.6 Å². The molecule has 5 heteroatoms. The lowest BCUT2D eigenvalue weighted by Gasteiger charge is -2.47. The van der Waals surface area contributed by atoms with Gasteiger partial charge in [-0.05, 0) is 18.9 Å². The quantitative estimate of drug-likeness (QED) is 0.699. The van der Waals surface area contributed by atoms with Gasteiger partial charge in [0.15, 0.2) is 0 Å². The zero-order valence-electron chi connectivity index (χ0n) is 11.0. The molecule has 1 fully saturated rings. The smallest absolute Gasteiger partial charge is 0.370 e. The molecule has 0 radical (unpaired) electrons. The first-order chi connectivity index (χ1) is 7.20. The van der Waals surface area contributed by atoms with Gasteiger partial charge in [0.05, 0.1) is 0 Å². The molecule has 98 valence electrons. The molecule has 1 aliphatic rings. The van der Waals surface area contributed by atoms with Crippen molar-refractivity contribution in [2.24, 2.45) is 0 Å². The SMILES string of the molecule is CCCC1(OC)CCCC[Si]1(OC)OC.O. The highest BCUT2D eigenvalue weighted by atomic mass is 28.4. The van der Waals surface area contributed by atoms with Gasteiger partial charge in [0, 0.05) is 21.3 Å². The number of ether oxygens (including phenoxy) is 1. The largest absolute Gasteiger partial charge is 0.412 e. The third kappa shape index (κ3) is 2.48. The Bertz CT molecular complexity index is 192. The summed E-state index contributed by atoms with van der Waals surface area (Å²) < 4.78 is 17.4. The summed E-state index contributed by atoms with van der Waals surface area (Å²) in [6.45, 7) is 2.19. The van der Waals surface area contributed by atoms with Crippen molar-refractivity contribution >= 4 is 8.56 Å². The Kier molecular flexibility index (Phi) is 6.73. The third-order valence-corrected chi connectivity index (χ3v) is 8.16. The molecule has 0 saturated carbocycles. The molecule has 1 heterocycles. The van der Waals surface area contributed by atoms with Crippen molar-refractivity contribution in [1.82, 2.24) is 0 Å². The first-order valence-electron chi connectivity index (χ1n) is 5.85. The minimum atomic E-state index is -2.15. The first kappa shape index (κ1) is 16.1. The van der Waals surface area contributed by atoms with E-state index in [9.17, 15) is 0 Å². The van der Waals surface area contributed by atoms with Crippen molar-refractivity contribution in [1.29, 1.82) is 0 Å². The molecule has 1 aliphatic heterocycles. The fourth-order valence-corrected chi connectivity index (χ4v) is 6.91. The van der Waals surface area contributed by atoms with Crippen molar-refractivity contribution in [3.05, 3.63) is 0 Å². The molecule has 4 nitrogen and oxygen atoms in total. The summed E-state index contributed by atoms with van der Waals surface area (Å²) in [6.07, 6.45) is 5.70. The van der Waals surface area contributed by atoms with E-state index >= 15 is 0 Å². The summed E-state index contributed by atoms with van der Waals surface area (Å²) in [6, 6.07) is 1.06. The lowest BCUT2D eigenvalue weighted by atomic mass is 10.1. The zero-order valence-corrected chi connectivity index (χ0v) is 12.0. The molecule has 0 aromatic rings. The summed E-state index contributed by atoms with van der Waals surface area (Å²) in [7, 11) is 3.22. The Morgan fingerprint density at radius 3 is 2.19 bits per heavy atom. The molecule has 1 saturated heterocycles. The predicted molar refractivity (Wildman–Crippen MR) is 66.7 cm³/mol. The van der Waals surface area contributed by atoms with Crippen LogP contribution < -0.4 is 0 Å². The van der Waals surface area contributed by atoms with Gasteiger partial charge in [-0.1, -0.05) is 26.2 Å². The first-order valence-corrected chi connectivity index (χ1v) is 7.88. The molecule has 0 aliphatic carbocycles. The van der Waals surface area contributed by atoms with Gasteiger partial charge < -0.3 is 19.1 Å². The summed E-state index contributed by atoms with van der Waals surface area (Å²) in [4.78, 5) is 0. The van der Waals surface area contributed by atoms with E-state index in [1.165, 1.54) is 12.8 Å². The summed E-state index contributed by atoms with van der Waals surface area (Å²) >= 11 is 0. The standard InChI is InChI=1S/C11H24O3Si.H2O/c1-5-8-11(12-2)9-6-7-10-15(11,13-3)14-4;/h5-10H2,1-4H3;1H2. The molecule has 0 bridgehead atoms. The minimum absolute atomic E-state index is 0. The predicted octanol–water partition coefficient (Wildman–Crippen LogP) is 1.81. The number of hydrogen-bond acceptors (Lipinski definition) is 3. The van der Waals surface area contributed by atoms with Crippen LogP contribution in [0.4, 0.5) is 0 Å². The normalized spacial score (nSPS) is 28.5. The molecule has 2 N–H and O–H groups in total. The van der Waals surface area contributed by atoms with Gasteiger partial charge in [-0.3, -0.25) is 0 Å². The van der Waals surface area contributed by atoms with Crippen LogP contribution in [0, 0.1) is 0 Å². The van der Waals surface area contributed by atoms with Crippen molar-refractivity contribution in [3.63, 3.8) is 0 Å². The van der Waals surface area contributed by atoms with Crippen LogP contribution in [0.25, 0.3) is 0 Å². The second-order valence-corrected chi connectivity index (χ2v) is 8.05. The molecule has 1 unspecified atom stereocenters. The highest BCUT2D eigenvalue weighted by molar-refractivity contribution is 6.70. The highest BCUT2D eigenvalue weighted by Gasteiger charge is 2.58. The van der Waals surface area contributed by atoms with Crippen molar-refractivity contribution < 1.29 is 19.1 Å². The van der Waals surface area contributed by atoms with Crippen LogP contribution in [0.1, 0.15) is 39.0 Å². The van der Waals surface area contributed by atoms with Crippen LogP contribution >= 0.6 is 0 Å². The van der Waals surface area contributed by atoms with Crippen molar-refractivity contribution in [3.8, 4) is 0 Å². The van der Waals surface area contributed by atoms with E-state index < -0.39 is 8.56 Å². The molecule has 0 spiro atoms. The monoisotopic (exact) mass is 250 g/mol. The van der Waals surface area contributed by atoms with Crippen molar-refractivity contribution in [2.45, 2.75) is 50.3 Å². The van der Waals surface area contributed by atoms with Crippen LogP contribution in [0.5, 0.6) is 0 Å². The van der Waals surface area contributed by atoms with Gasteiger partial charge in [-0.2, -0.15) is 0 Å². The minimum Gasteiger partial charge on any atom is -0.412 e. The van der Waals surface area contributed by atoms with Gasteiger partial charge in [-0.15, -0.1) is 0 Å². The van der Waals surface area contributed by atoms with Gasteiger partial charge in [0.2, 0.25) is 0 Å². The maximum absolute atomic E-state index is 5.83. The summed E-state index contributed by atoms with van der Waals surface area (Å²) in [5.41, 5.74) is 0. The molecule has 16 heavy (non-hydrogen) atoms. The van der Waals surface area contributed by atoms with E-state index in [2.05, 4.69) is 6.92 Å². The fraction of sp³-hybridized carbons (Fsp3) is 1.00. The van der Waals surface area contributed by atoms with Crippen LogP contribution in [-0.4, -0.2) is 40.6 Å². The lowest BCUT2D eigenvalue weighted by Crippen LogP contribution is -2.64. The topological polar surface area (TPSA) is 59.2 Å². The van der Waals surface area contributed by atoms with Gasteiger partial charge >= 0.3 is 8.56 Å². The van der Waals surface area contributed by atoms with E-state index in [0.29, 0.717) is 0 Å². The van der Waals surface area contributed by atoms with Crippen LogP contribution in [0.2, 0.25) is 6.04 Å². The Balaban J connectivity index is 0.00000225. The second kappa shape index (κ2) is 6.71. The molecular weight excluding hydrogens is 224 g/mol. The highest BCUT2D eigenvalue weighted by Crippen LogP contribution is 2.42. The van der Waals surface area contributed by atoms with Gasteiger partial charge in [-0.25, -0.2) is 0 Å². The Labute approximate surface area is 99.8 Å². The second-order valence-electron chi connectivity index (χ2n) is 4.32. The number of rotatable bonds is 5. The van der Waals surface area contributed by atoms with E-state index in [1.54, 1.807) is 21.3 Å². The fourth-order valence-electron chi connectivity index (χ4n) is 2.92. The van der Waals surface area contributed by atoms with Crippen molar-refractivity contribution in [2.75, 3.05) is 21.3 Å². The summed E-state index contributed by atoms with van der Waals surface area (Å²) in [5.74, 6) is 0. The Hall–Kier alpha value is 0.0569. The van der Waals surface area contributed by atoms with E-state index in [1.807, 2.05) is 0 Å². The van der Waals surface area contributed by atoms with Crippen LogP contribution in [0.3, 0.4) is 0 Å². The van der Waals surface area contributed by atoms with Crippen LogP contribution in [-0.2, 0) is 13.6 Å². The van der Waals surface area contributed by atoms with E-state index in [0.717, 1.165) is 25.3 Å². The lowest BCUT2D eigenvalue weighted by molar-refractivity contribution is -0.0149. The van der Waals surface area contributed by atoms with Gasteiger partial charge in [0.1, 0.15) is 5.22 Å². The average molecular weight is 250 g/mol. The van der Waals surface area contributed by atoms with Gasteiger partial charge in [0.25, 0.3) is 0 Å². The number of hydrogen-bond donors (Lipinski definition) is 0. The van der Waals surface area contributed by atoms with Crippen LogP contribution in [0.15, 0.2) is 0 Å². The molecule has 0 aromatic carbocycles. The molecule has 1 atom stereocenters. The maximum atomic E-state index is 5.83. The molecule has 0 amide bonds. The molecular formula is C11H26O4Si. The number of methoxy groups -OCH3 is 1. The Morgan fingerprint density at radius 2 is 1.75 bits per heavy atom. The molecule has 1 rings (SSSR count). The zero-order chi connectivity index (χ0) is 11.4. The Morgan fingerprint density at radius 1 is 1.12 bits per heavy atom. The van der Waals surface area contributed by atoms with E-state index in [-0.39, 0.29) is 10.7 Å². The third-order valence-electron chi connectivity index (χ3n) is 3.73. The average Bonchev–Trinajstić information content (AvgIpc) is 2.30. The summed E-state index contributed by atoms with van der Waals surface area (Å²) in [5, 5.41) is -0.122. The maximum Gasteiger partial charge on any atom is 0.370 e. The molecule has 0 aromatic heterocycles.